The molecule has 0 aliphatic heterocycles. The summed E-state index contributed by atoms with van der Waals surface area (Å²) in [5.74, 6) is 0. The van der Waals surface area contributed by atoms with Gasteiger partial charge in [0, 0.05) is 10.8 Å². The Morgan fingerprint density at radius 2 is 1.06 bits per heavy atom. The molecule has 0 spiro atoms. The van der Waals surface area contributed by atoms with Crippen LogP contribution in [0.2, 0.25) is 0 Å². The summed E-state index contributed by atoms with van der Waals surface area (Å²) in [4.78, 5) is 0. The Labute approximate surface area is 106 Å². The zero-order valence-electron chi connectivity index (χ0n) is 11.2. The Hall–Kier alpha value is -1.10. The van der Waals surface area contributed by atoms with Gasteiger partial charge in [-0.3, -0.25) is 0 Å². The molecular weight excluding hydrogens is 232 g/mol. The van der Waals surface area contributed by atoms with Gasteiger partial charge in [-0.05, 0) is 0 Å². The number of hydrogen-bond donors (Lipinski definition) is 0. The van der Waals surface area contributed by atoms with E-state index in [2.05, 4.69) is 60.5 Å². The third-order valence-electron chi connectivity index (χ3n) is 2.61. The van der Waals surface area contributed by atoms with Crippen molar-refractivity contribution in [3.63, 3.8) is 0 Å². The molecule has 0 N–H and O–H groups in total. The van der Waals surface area contributed by atoms with Gasteiger partial charge in [-0.25, -0.2) is 0 Å². The summed E-state index contributed by atoms with van der Waals surface area (Å²) in [5, 5.41) is 8.74. The highest BCUT2D eigenvalue weighted by molar-refractivity contribution is 7.00. The minimum Gasteiger partial charge on any atom is -0.171 e. The number of nitrogens with zero attached hydrogens (tertiary/aromatic N) is 4. The molecule has 2 rings (SSSR count). The van der Waals surface area contributed by atoms with Crippen LogP contribution in [0.3, 0.4) is 0 Å². The molecule has 0 aliphatic rings. The summed E-state index contributed by atoms with van der Waals surface area (Å²) >= 11 is 1.23. The van der Waals surface area contributed by atoms with Crippen LogP contribution in [0, 0.1) is 0 Å². The van der Waals surface area contributed by atoms with E-state index in [9.17, 15) is 0 Å². The van der Waals surface area contributed by atoms with E-state index in [4.69, 9.17) is 0 Å². The minimum absolute atomic E-state index is 0.0581. The van der Waals surface area contributed by atoms with Gasteiger partial charge in [0.1, 0.15) is 11.0 Å². The van der Waals surface area contributed by atoms with Crippen LogP contribution in [0.15, 0.2) is 0 Å². The minimum atomic E-state index is -0.0581. The van der Waals surface area contributed by atoms with Crippen LogP contribution in [0.1, 0.15) is 52.9 Å². The summed E-state index contributed by atoms with van der Waals surface area (Å²) in [7, 11) is 0. The van der Waals surface area contributed by atoms with Crippen LogP contribution in [-0.2, 0) is 10.8 Å². The van der Waals surface area contributed by atoms with Gasteiger partial charge in [0.2, 0.25) is 0 Å². The second-order valence-corrected chi connectivity index (χ2v) is 6.89. The molecule has 0 bridgehead atoms. The van der Waals surface area contributed by atoms with Crippen LogP contribution in [-0.4, -0.2) is 18.9 Å². The first-order valence-corrected chi connectivity index (χ1v) is 6.44. The number of hydrogen-bond acceptors (Lipinski definition) is 5. The molecule has 0 saturated carbocycles. The van der Waals surface area contributed by atoms with Gasteiger partial charge in [-0.1, -0.05) is 41.5 Å². The van der Waals surface area contributed by atoms with E-state index in [1.807, 2.05) is 0 Å². The predicted octanol–water partition coefficient (Wildman–Crippen LogP) is 3.08. The topological polar surface area (TPSA) is 51.6 Å². The highest BCUT2D eigenvalue weighted by atomic mass is 32.1. The Morgan fingerprint density at radius 3 is 1.35 bits per heavy atom. The maximum atomic E-state index is 4.39. The third kappa shape index (κ3) is 2.16. The van der Waals surface area contributed by atoms with Gasteiger partial charge in [-0.15, -0.1) is 0 Å². The van der Waals surface area contributed by atoms with Crippen molar-refractivity contribution in [1.29, 1.82) is 0 Å². The molecule has 17 heavy (non-hydrogen) atoms. The molecule has 0 atom stereocenters. The molecule has 92 valence electrons. The lowest BCUT2D eigenvalue weighted by atomic mass is 9.87. The van der Waals surface area contributed by atoms with Crippen LogP contribution >= 0.6 is 11.7 Å². The zero-order valence-corrected chi connectivity index (χ0v) is 12.0. The Bertz CT molecular complexity index is 498. The Kier molecular flexibility index (Phi) is 2.69. The quantitative estimate of drug-likeness (QED) is 0.721. The number of rotatable bonds is 0. The van der Waals surface area contributed by atoms with E-state index >= 15 is 0 Å². The van der Waals surface area contributed by atoms with E-state index in [0.29, 0.717) is 0 Å². The standard InChI is InChI=1S/C12H18N4S/c1-11(2,3)9-7-8(16-17-15-7)10(14-13-9)12(4,5)6/h1-6H3. The van der Waals surface area contributed by atoms with Crippen molar-refractivity contribution in [1.82, 2.24) is 18.9 Å². The van der Waals surface area contributed by atoms with Crippen LogP contribution in [0.5, 0.6) is 0 Å². The maximum Gasteiger partial charge on any atom is 0.130 e. The first-order valence-electron chi connectivity index (χ1n) is 5.71. The molecule has 0 aromatic carbocycles. The fourth-order valence-electron chi connectivity index (χ4n) is 1.70. The lowest BCUT2D eigenvalue weighted by molar-refractivity contribution is 0.536. The lowest BCUT2D eigenvalue weighted by Gasteiger charge is -2.21. The predicted molar refractivity (Wildman–Crippen MR) is 70.4 cm³/mol. The molecule has 0 unspecified atom stereocenters. The van der Waals surface area contributed by atoms with Gasteiger partial charge in [-0.2, -0.15) is 18.9 Å². The molecule has 2 heterocycles. The van der Waals surface area contributed by atoms with E-state index in [1.165, 1.54) is 11.7 Å². The highest BCUT2D eigenvalue weighted by Crippen LogP contribution is 2.31. The fourth-order valence-corrected chi connectivity index (χ4v) is 2.25. The van der Waals surface area contributed by atoms with Crippen molar-refractivity contribution < 1.29 is 0 Å². The number of fused-ring (bicyclic) bond motifs is 1. The van der Waals surface area contributed by atoms with Gasteiger partial charge in [0.25, 0.3) is 0 Å². The normalized spacial score (nSPS) is 13.3. The van der Waals surface area contributed by atoms with E-state index < -0.39 is 0 Å². The molecule has 0 radical (unpaired) electrons. The van der Waals surface area contributed by atoms with Crippen molar-refractivity contribution in [3.05, 3.63) is 11.4 Å². The Balaban J connectivity index is 2.76. The van der Waals surface area contributed by atoms with Gasteiger partial charge in [0.05, 0.1) is 23.1 Å². The van der Waals surface area contributed by atoms with Gasteiger partial charge >= 0.3 is 0 Å². The van der Waals surface area contributed by atoms with Crippen molar-refractivity contribution in [2.75, 3.05) is 0 Å². The molecule has 2 aromatic heterocycles. The second kappa shape index (κ2) is 3.70. The average molecular weight is 250 g/mol. The first kappa shape index (κ1) is 12.4. The molecule has 4 nitrogen and oxygen atoms in total. The molecule has 0 aliphatic carbocycles. The second-order valence-electron chi connectivity index (χ2n) is 6.36. The summed E-state index contributed by atoms with van der Waals surface area (Å²) < 4.78 is 8.77. The summed E-state index contributed by atoms with van der Waals surface area (Å²) in [5.41, 5.74) is 3.54. The third-order valence-corrected chi connectivity index (χ3v) is 3.14. The van der Waals surface area contributed by atoms with E-state index in [-0.39, 0.29) is 10.8 Å². The zero-order chi connectivity index (χ0) is 12.8. The van der Waals surface area contributed by atoms with Crippen molar-refractivity contribution >= 4 is 22.8 Å². The van der Waals surface area contributed by atoms with Crippen LogP contribution in [0.4, 0.5) is 0 Å². The monoisotopic (exact) mass is 250 g/mol. The summed E-state index contributed by atoms with van der Waals surface area (Å²) in [6.07, 6.45) is 0. The number of aromatic nitrogens is 4. The SMILES string of the molecule is CC(C)(C)c1nnc(C(C)(C)C)c2nsnc12. The molecule has 0 saturated heterocycles. The molecular formula is C12H18N4S. The summed E-state index contributed by atoms with van der Waals surface area (Å²) in [6.45, 7) is 12.7. The largest absolute Gasteiger partial charge is 0.171 e. The molecule has 0 amide bonds. The molecule has 5 heteroatoms. The average Bonchev–Trinajstić information content (AvgIpc) is 2.60. The lowest BCUT2D eigenvalue weighted by Crippen LogP contribution is -2.20. The van der Waals surface area contributed by atoms with E-state index in [0.717, 1.165) is 22.4 Å². The molecule has 2 aromatic rings. The summed E-state index contributed by atoms with van der Waals surface area (Å²) in [6, 6.07) is 0. The van der Waals surface area contributed by atoms with Crippen LogP contribution in [0.25, 0.3) is 11.0 Å². The fraction of sp³-hybridized carbons (Fsp3) is 0.667. The smallest absolute Gasteiger partial charge is 0.130 e. The van der Waals surface area contributed by atoms with Crippen molar-refractivity contribution in [2.24, 2.45) is 0 Å². The van der Waals surface area contributed by atoms with Gasteiger partial charge in [0.15, 0.2) is 0 Å². The molecule has 0 fully saturated rings. The van der Waals surface area contributed by atoms with Crippen molar-refractivity contribution in [2.45, 2.75) is 52.4 Å². The Morgan fingerprint density at radius 1 is 0.706 bits per heavy atom. The van der Waals surface area contributed by atoms with E-state index in [1.54, 1.807) is 0 Å². The van der Waals surface area contributed by atoms with Crippen molar-refractivity contribution in [3.8, 4) is 0 Å². The first-order chi connectivity index (χ1) is 7.71. The van der Waals surface area contributed by atoms with Crippen LogP contribution < -0.4 is 0 Å². The van der Waals surface area contributed by atoms with Gasteiger partial charge < -0.3 is 0 Å². The highest BCUT2D eigenvalue weighted by Gasteiger charge is 2.27. The maximum absolute atomic E-state index is 4.39.